The molecule has 43 heavy (non-hydrogen) atoms. The summed E-state index contributed by atoms with van der Waals surface area (Å²) in [7, 11) is 1.44. The zero-order chi connectivity index (χ0) is 30.7. The van der Waals surface area contributed by atoms with Crippen LogP contribution in [0.2, 0.25) is 0 Å². The monoisotopic (exact) mass is 593 g/mol. The van der Waals surface area contributed by atoms with E-state index < -0.39 is 35.5 Å². The maximum atomic E-state index is 14.5. The number of carbonyl (C=O) groups is 3. The minimum Gasteiger partial charge on any atom is -0.493 e. The van der Waals surface area contributed by atoms with Gasteiger partial charge in [0.2, 0.25) is 5.91 Å². The minimum atomic E-state index is -0.690. The maximum absolute atomic E-state index is 14.5. The van der Waals surface area contributed by atoms with Crippen molar-refractivity contribution in [1.29, 1.82) is 0 Å². The Labute approximate surface area is 246 Å². The molecule has 2 atom stereocenters. The Morgan fingerprint density at radius 1 is 1.14 bits per heavy atom. The molecule has 226 valence electrons. The van der Waals surface area contributed by atoms with E-state index in [2.05, 4.69) is 15.6 Å². The molecule has 2 aliphatic rings. The van der Waals surface area contributed by atoms with Crippen molar-refractivity contribution in [3.63, 3.8) is 0 Å². The van der Waals surface area contributed by atoms with Crippen molar-refractivity contribution in [3.05, 3.63) is 81.3 Å². The molecule has 0 saturated carbocycles. The number of fused-ring (bicyclic) bond motifs is 5. The van der Waals surface area contributed by atoms with Gasteiger partial charge in [-0.1, -0.05) is 0 Å². The SMILES string of the molecule is COc1ccc2cc1OCC(=O)NCc1cc(F)cc(c1)O[C@@H]1CCN(C(=O)Cn3c(C)cc(C)nc3=O)C[C@@H]1NC2=O. The van der Waals surface area contributed by atoms with Crippen LogP contribution in [0.15, 0.2) is 47.3 Å². The van der Waals surface area contributed by atoms with Crippen molar-refractivity contribution in [2.24, 2.45) is 0 Å². The van der Waals surface area contributed by atoms with Crippen LogP contribution in [0, 0.1) is 19.7 Å². The first-order valence-electron chi connectivity index (χ1n) is 13.8. The van der Waals surface area contributed by atoms with Crippen molar-refractivity contribution in [3.8, 4) is 17.2 Å². The van der Waals surface area contributed by atoms with Crippen molar-refractivity contribution in [2.75, 3.05) is 26.8 Å². The number of piperidine rings is 1. The molecule has 2 aromatic carbocycles. The predicted octanol–water partition coefficient (Wildman–Crippen LogP) is 1.49. The van der Waals surface area contributed by atoms with E-state index in [-0.39, 0.29) is 55.8 Å². The van der Waals surface area contributed by atoms with Gasteiger partial charge in [-0.25, -0.2) is 9.18 Å². The van der Waals surface area contributed by atoms with Gasteiger partial charge in [0, 0.05) is 49.1 Å². The molecule has 3 aromatic rings. The van der Waals surface area contributed by atoms with Crippen LogP contribution in [0.4, 0.5) is 4.39 Å². The highest BCUT2D eigenvalue weighted by Gasteiger charge is 2.35. The van der Waals surface area contributed by atoms with Gasteiger partial charge in [-0.3, -0.25) is 19.0 Å². The lowest BCUT2D eigenvalue weighted by atomic mass is 10.0. The average Bonchev–Trinajstić information content (AvgIpc) is 2.96. The molecule has 0 spiro atoms. The Hall–Kier alpha value is -4.94. The highest BCUT2D eigenvalue weighted by Crippen LogP contribution is 2.29. The number of benzene rings is 2. The van der Waals surface area contributed by atoms with Gasteiger partial charge in [-0.15, -0.1) is 0 Å². The summed E-state index contributed by atoms with van der Waals surface area (Å²) in [6, 6.07) is 9.72. The number of aromatic nitrogens is 2. The Bertz CT molecular complexity index is 1620. The summed E-state index contributed by atoms with van der Waals surface area (Å²) in [5.74, 6) is -1.08. The number of carbonyl (C=O) groups excluding carboxylic acids is 3. The molecule has 0 unspecified atom stereocenters. The number of ether oxygens (including phenoxy) is 3. The normalized spacial score (nSPS) is 18.8. The van der Waals surface area contributed by atoms with E-state index in [9.17, 15) is 23.6 Å². The van der Waals surface area contributed by atoms with Crippen molar-refractivity contribution >= 4 is 17.7 Å². The van der Waals surface area contributed by atoms with E-state index in [4.69, 9.17) is 14.2 Å². The molecule has 2 aliphatic heterocycles. The Morgan fingerprint density at radius 2 is 1.95 bits per heavy atom. The molecular weight excluding hydrogens is 561 g/mol. The molecule has 12 nitrogen and oxygen atoms in total. The van der Waals surface area contributed by atoms with Gasteiger partial charge in [-0.05, 0) is 55.8 Å². The Balaban J connectivity index is 1.44. The topological polar surface area (TPSA) is 141 Å². The van der Waals surface area contributed by atoms with Crippen molar-refractivity contribution in [1.82, 2.24) is 25.1 Å². The number of likely N-dealkylation sites (tertiary alicyclic amines) is 1. The second kappa shape index (κ2) is 12.5. The maximum Gasteiger partial charge on any atom is 0.348 e. The third kappa shape index (κ3) is 6.93. The molecule has 4 bridgehead atoms. The van der Waals surface area contributed by atoms with Crippen LogP contribution < -0.4 is 30.5 Å². The summed E-state index contributed by atoms with van der Waals surface area (Å²) in [5, 5.41) is 5.63. The highest BCUT2D eigenvalue weighted by atomic mass is 19.1. The molecule has 2 N–H and O–H groups in total. The first-order valence-corrected chi connectivity index (χ1v) is 13.8. The lowest BCUT2D eigenvalue weighted by Gasteiger charge is -2.39. The van der Waals surface area contributed by atoms with Gasteiger partial charge < -0.3 is 29.7 Å². The van der Waals surface area contributed by atoms with Crippen LogP contribution >= 0.6 is 0 Å². The fourth-order valence-corrected chi connectivity index (χ4v) is 5.18. The summed E-state index contributed by atoms with van der Waals surface area (Å²) >= 11 is 0. The van der Waals surface area contributed by atoms with Gasteiger partial charge in [0.1, 0.15) is 24.2 Å². The second-order valence-corrected chi connectivity index (χ2v) is 10.5. The zero-order valence-electron chi connectivity index (χ0n) is 24.0. The number of hydrogen-bond acceptors (Lipinski definition) is 8. The number of methoxy groups -OCH3 is 1. The van der Waals surface area contributed by atoms with Crippen molar-refractivity contribution in [2.45, 2.75) is 45.5 Å². The molecule has 1 aromatic heterocycles. The van der Waals surface area contributed by atoms with E-state index in [1.165, 1.54) is 29.9 Å². The summed E-state index contributed by atoms with van der Waals surface area (Å²) in [5.41, 5.74) is 1.35. The molecule has 3 heterocycles. The second-order valence-electron chi connectivity index (χ2n) is 10.5. The largest absolute Gasteiger partial charge is 0.493 e. The average molecular weight is 594 g/mol. The van der Waals surface area contributed by atoms with Gasteiger partial charge in [0.15, 0.2) is 18.1 Å². The summed E-state index contributed by atoms with van der Waals surface area (Å²) in [6.07, 6.45) is -0.305. The fourth-order valence-electron chi connectivity index (χ4n) is 5.18. The Kier molecular flexibility index (Phi) is 8.60. The lowest BCUT2D eigenvalue weighted by Crippen LogP contribution is -2.58. The molecule has 0 radical (unpaired) electrons. The molecule has 1 fully saturated rings. The number of halogens is 1. The van der Waals surface area contributed by atoms with Gasteiger partial charge >= 0.3 is 5.69 Å². The Morgan fingerprint density at radius 3 is 2.72 bits per heavy atom. The van der Waals surface area contributed by atoms with E-state index >= 15 is 0 Å². The van der Waals surface area contributed by atoms with E-state index in [0.29, 0.717) is 29.1 Å². The summed E-state index contributed by atoms with van der Waals surface area (Å²) in [6.45, 7) is 3.27. The molecule has 13 heteroatoms. The third-order valence-corrected chi connectivity index (χ3v) is 7.35. The quantitative estimate of drug-likeness (QED) is 0.466. The van der Waals surface area contributed by atoms with Crippen LogP contribution in [0.3, 0.4) is 0 Å². The summed E-state index contributed by atoms with van der Waals surface area (Å²) in [4.78, 5) is 57.2. The molecular formula is C30H32FN5O7. The van der Waals surface area contributed by atoms with Gasteiger partial charge in [-0.2, -0.15) is 4.98 Å². The minimum absolute atomic E-state index is 0.0350. The van der Waals surface area contributed by atoms with E-state index in [1.807, 2.05) is 0 Å². The van der Waals surface area contributed by atoms with Crippen molar-refractivity contribution < 1.29 is 33.0 Å². The first kappa shape index (κ1) is 29.5. The standard InChI is InChI=1S/C30H32FN5O7/c1-17-8-18(2)36(30(40)33-17)15-28(38)35-7-6-24-23(14-35)34-29(39)20-4-5-25(41-3)26(11-20)42-16-27(37)32-13-19-9-21(31)12-22(10-19)43-24/h4-5,8-12,23-24H,6-7,13-16H2,1-3H3,(H,32,37)(H,34,39)/t23-,24+/m0/s1. The fraction of sp³-hybridized carbons (Fsp3) is 0.367. The first-order chi connectivity index (χ1) is 20.6. The summed E-state index contributed by atoms with van der Waals surface area (Å²) < 4.78 is 33.0. The number of nitrogens with zero attached hydrogens (tertiary/aromatic N) is 3. The van der Waals surface area contributed by atoms with Gasteiger partial charge in [0.25, 0.3) is 11.8 Å². The van der Waals surface area contributed by atoms with Crippen LogP contribution in [-0.2, 0) is 22.7 Å². The number of rotatable bonds is 3. The van der Waals surface area contributed by atoms with Crippen LogP contribution in [-0.4, -0.2) is 71.1 Å². The number of aryl methyl sites for hydroxylation is 2. The van der Waals surface area contributed by atoms with Crippen LogP contribution in [0.25, 0.3) is 0 Å². The number of hydrogen-bond donors (Lipinski definition) is 2. The van der Waals surface area contributed by atoms with E-state index in [0.717, 1.165) is 0 Å². The van der Waals surface area contributed by atoms with E-state index in [1.54, 1.807) is 43.0 Å². The highest BCUT2D eigenvalue weighted by molar-refractivity contribution is 5.95. The predicted molar refractivity (Wildman–Crippen MR) is 152 cm³/mol. The third-order valence-electron chi connectivity index (χ3n) is 7.35. The van der Waals surface area contributed by atoms with Crippen LogP contribution in [0.5, 0.6) is 17.2 Å². The molecule has 1 saturated heterocycles. The van der Waals surface area contributed by atoms with Gasteiger partial charge in [0.05, 0.1) is 13.2 Å². The molecule has 0 aliphatic carbocycles. The lowest BCUT2D eigenvalue weighted by molar-refractivity contribution is -0.134. The molecule has 5 rings (SSSR count). The number of nitrogens with one attached hydrogen (secondary N) is 2. The van der Waals surface area contributed by atoms with Crippen LogP contribution in [0.1, 0.15) is 33.7 Å². The zero-order valence-corrected chi connectivity index (χ0v) is 24.0. The molecule has 3 amide bonds. The number of amides is 3. The smallest absolute Gasteiger partial charge is 0.348 e.